The molecule has 3 nitrogen and oxygen atoms in total. The molecule has 3 fully saturated rings. The number of fused-ring (bicyclic) bond motifs is 2. The van der Waals surface area contributed by atoms with Gasteiger partial charge in [0.1, 0.15) is 0 Å². The molecular weight excluding hydrogens is 200 g/mol. The summed E-state index contributed by atoms with van der Waals surface area (Å²) < 4.78 is 0. The van der Waals surface area contributed by atoms with Gasteiger partial charge < -0.3 is 5.32 Å². The Bertz CT molecular complexity index is 273. The average Bonchev–Trinajstić information content (AvgIpc) is 2.92. The normalized spacial score (nSPS) is 38.1. The fourth-order valence-corrected chi connectivity index (χ4v) is 3.82. The summed E-state index contributed by atoms with van der Waals surface area (Å²) in [5, 5.41) is 3.26. The summed E-state index contributed by atoms with van der Waals surface area (Å²) in [6.45, 7) is 2.86. The summed E-state index contributed by atoms with van der Waals surface area (Å²) in [6.07, 6.45) is 7.90. The molecule has 3 unspecified atom stereocenters. The molecule has 90 valence electrons. The molecule has 3 heteroatoms. The average molecular weight is 222 g/mol. The van der Waals surface area contributed by atoms with Crippen LogP contribution in [0.25, 0.3) is 0 Å². The van der Waals surface area contributed by atoms with Crippen molar-refractivity contribution < 1.29 is 4.79 Å². The van der Waals surface area contributed by atoms with Gasteiger partial charge in [-0.1, -0.05) is 6.42 Å². The van der Waals surface area contributed by atoms with E-state index in [-0.39, 0.29) is 5.91 Å². The zero-order valence-electron chi connectivity index (χ0n) is 9.95. The Hall–Kier alpha value is -0.570. The first-order chi connectivity index (χ1) is 7.81. The first-order valence-electron chi connectivity index (χ1n) is 6.83. The van der Waals surface area contributed by atoms with Gasteiger partial charge in [0.05, 0.1) is 6.54 Å². The molecule has 2 aliphatic carbocycles. The number of amides is 1. The van der Waals surface area contributed by atoms with Gasteiger partial charge in [0, 0.05) is 6.04 Å². The fourth-order valence-electron chi connectivity index (χ4n) is 3.82. The molecule has 0 aromatic carbocycles. The van der Waals surface area contributed by atoms with Gasteiger partial charge in [0.2, 0.25) is 5.91 Å². The molecule has 16 heavy (non-hydrogen) atoms. The number of hydrogen-bond acceptors (Lipinski definition) is 2. The number of nitrogens with zero attached hydrogens (tertiary/aromatic N) is 1. The third-order valence-electron chi connectivity index (χ3n) is 4.65. The number of likely N-dealkylation sites (tertiary alicyclic amines) is 1. The lowest BCUT2D eigenvalue weighted by atomic mass is 9.95. The van der Waals surface area contributed by atoms with Crippen molar-refractivity contribution in [2.45, 2.75) is 44.6 Å². The van der Waals surface area contributed by atoms with Crippen LogP contribution >= 0.6 is 0 Å². The summed E-state index contributed by atoms with van der Waals surface area (Å²) in [5.74, 6) is 1.98. The highest BCUT2D eigenvalue weighted by atomic mass is 16.2. The first-order valence-corrected chi connectivity index (χ1v) is 6.83. The van der Waals surface area contributed by atoms with Gasteiger partial charge in [-0.05, 0) is 57.0 Å². The maximum Gasteiger partial charge on any atom is 0.234 e. The van der Waals surface area contributed by atoms with Gasteiger partial charge in [-0.3, -0.25) is 9.69 Å². The Kier molecular flexibility index (Phi) is 2.88. The van der Waals surface area contributed by atoms with Gasteiger partial charge in [0.25, 0.3) is 0 Å². The summed E-state index contributed by atoms with van der Waals surface area (Å²) >= 11 is 0. The van der Waals surface area contributed by atoms with Gasteiger partial charge in [-0.15, -0.1) is 0 Å². The Balaban J connectivity index is 1.45. The van der Waals surface area contributed by atoms with Crippen molar-refractivity contribution in [2.75, 3.05) is 19.6 Å². The number of carbonyl (C=O) groups excluding carboxylic acids is 1. The lowest BCUT2D eigenvalue weighted by molar-refractivity contribution is -0.123. The molecule has 1 amide bonds. The molecule has 1 N–H and O–H groups in total. The van der Waals surface area contributed by atoms with E-state index in [1.54, 1.807) is 0 Å². The van der Waals surface area contributed by atoms with Crippen molar-refractivity contribution in [1.82, 2.24) is 10.2 Å². The highest BCUT2D eigenvalue weighted by molar-refractivity contribution is 5.78. The van der Waals surface area contributed by atoms with Crippen molar-refractivity contribution in [3.63, 3.8) is 0 Å². The third-order valence-corrected chi connectivity index (χ3v) is 4.65. The lowest BCUT2D eigenvalue weighted by Gasteiger charge is -2.24. The summed E-state index contributed by atoms with van der Waals surface area (Å²) in [7, 11) is 0. The van der Waals surface area contributed by atoms with Gasteiger partial charge in [-0.25, -0.2) is 0 Å². The van der Waals surface area contributed by atoms with Crippen LogP contribution in [-0.4, -0.2) is 36.5 Å². The van der Waals surface area contributed by atoms with E-state index < -0.39 is 0 Å². The van der Waals surface area contributed by atoms with E-state index >= 15 is 0 Å². The first kappa shape index (κ1) is 10.6. The molecule has 1 heterocycles. The molecular formula is C13H22N2O. The van der Waals surface area contributed by atoms with E-state index in [2.05, 4.69) is 10.2 Å². The van der Waals surface area contributed by atoms with Gasteiger partial charge in [0.15, 0.2) is 0 Å². The molecule has 0 radical (unpaired) electrons. The van der Waals surface area contributed by atoms with Crippen LogP contribution in [0, 0.1) is 11.8 Å². The van der Waals surface area contributed by atoms with E-state index in [0.717, 1.165) is 24.9 Å². The summed E-state index contributed by atoms with van der Waals surface area (Å²) in [5.41, 5.74) is 0. The Morgan fingerprint density at radius 3 is 2.62 bits per heavy atom. The molecule has 0 spiro atoms. The van der Waals surface area contributed by atoms with Crippen LogP contribution in [0.1, 0.15) is 38.5 Å². The molecule has 1 saturated heterocycles. The van der Waals surface area contributed by atoms with E-state index in [0.29, 0.717) is 12.6 Å². The fraction of sp³-hybridized carbons (Fsp3) is 0.923. The highest BCUT2D eigenvalue weighted by Crippen LogP contribution is 2.44. The maximum absolute atomic E-state index is 11.9. The van der Waals surface area contributed by atoms with Crippen LogP contribution in [0.3, 0.4) is 0 Å². The quantitative estimate of drug-likeness (QED) is 0.782. The zero-order chi connectivity index (χ0) is 11.0. The SMILES string of the molecule is O=C(CN1CCCC1)NC1CC2CCC1C2. The predicted molar refractivity (Wildman–Crippen MR) is 63.1 cm³/mol. The maximum atomic E-state index is 11.9. The Morgan fingerprint density at radius 2 is 2.00 bits per heavy atom. The standard InChI is InChI=1S/C13H22N2O/c16-13(9-15-5-1-2-6-15)14-12-8-10-3-4-11(12)7-10/h10-12H,1-9H2,(H,14,16). The van der Waals surface area contributed by atoms with Crippen molar-refractivity contribution in [1.29, 1.82) is 0 Å². The van der Waals surface area contributed by atoms with Crippen LogP contribution in [0.2, 0.25) is 0 Å². The number of rotatable bonds is 3. The minimum Gasteiger partial charge on any atom is -0.352 e. The third kappa shape index (κ3) is 2.10. The summed E-state index contributed by atoms with van der Waals surface area (Å²) in [4.78, 5) is 14.2. The van der Waals surface area contributed by atoms with Crippen LogP contribution in [-0.2, 0) is 4.79 Å². The van der Waals surface area contributed by atoms with E-state index in [9.17, 15) is 4.79 Å². The number of nitrogens with one attached hydrogen (secondary N) is 1. The Labute approximate surface area is 97.6 Å². The van der Waals surface area contributed by atoms with Crippen LogP contribution < -0.4 is 5.32 Å². The lowest BCUT2D eigenvalue weighted by Crippen LogP contribution is -2.43. The number of carbonyl (C=O) groups is 1. The molecule has 3 rings (SSSR count). The zero-order valence-corrected chi connectivity index (χ0v) is 9.95. The second-order valence-corrected chi connectivity index (χ2v) is 5.83. The highest BCUT2D eigenvalue weighted by Gasteiger charge is 2.40. The van der Waals surface area contributed by atoms with Crippen LogP contribution in [0.5, 0.6) is 0 Å². The monoisotopic (exact) mass is 222 g/mol. The second kappa shape index (κ2) is 4.36. The smallest absolute Gasteiger partial charge is 0.234 e. The minimum atomic E-state index is 0.263. The second-order valence-electron chi connectivity index (χ2n) is 5.83. The van der Waals surface area contributed by atoms with Crippen LogP contribution in [0.4, 0.5) is 0 Å². The minimum absolute atomic E-state index is 0.263. The van der Waals surface area contributed by atoms with Gasteiger partial charge >= 0.3 is 0 Å². The predicted octanol–water partition coefficient (Wildman–Crippen LogP) is 1.39. The van der Waals surface area contributed by atoms with Gasteiger partial charge in [-0.2, -0.15) is 0 Å². The van der Waals surface area contributed by atoms with E-state index in [1.807, 2.05) is 0 Å². The van der Waals surface area contributed by atoms with E-state index in [1.165, 1.54) is 38.5 Å². The molecule has 0 aromatic rings. The Morgan fingerprint density at radius 1 is 1.19 bits per heavy atom. The molecule has 3 atom stereocenters. The summed E-state index contributed by atoms with van der Waals surface area (Å²) in [6, 6.07) is 0.508. The number of hydrogen-bond donors (Lipinski definition) is 1. The topological polar surface area (TPSA) is 32.3 Å². The van der Waals surface area contributed by atoms with Crippen LogP contribution in [0.15, 0.2) is 0 Å². The molecule has 2 bridgehead atoms. The molecule has 3 aliphatic rings. The molecule has 0 aromatic heterocycles. The van der Waals surface area contributed by atoms with Crippen molar-refractivity contribution >= 4 is 5.91 Å². The molecule has 1 aliphatic heterocycles. The largest absolute Gasteiger partial charge is 0.352 e. The van der Waals surface area contributed by atoms with Crippen molar-refractivity contribution in [2.24, 2.45) is 11.8 Å². The van der Waals surface area contributed by atoms with E-state index in [4.69, 9.17) is 0 Å². The molecule has 2 saturated carbocycles. The van der Waals surface area contributed by atoms with Crippen molar-refractivity contribution in [3.05, 3.63) is 0 Å². The van der Waals surface area contributed by atoms with Crippen molar-refractivity contribution in [3.8, 4) is 0 Å².